The van der Waals surface area contributed by atoms with Gasteiger partial charge in [0.1, 0.15) is 18.4 Å². The van der Waals surface area contributed by atoms with Crippen LogP contribution in [0.25, 0.3) is 0 Å². The van der Waals surface area contributed by atoms with Crippen molar-refractivity contribution >= 4 is 29.3 Å². The van der Waals surface area contributed by atoms with Crippen LogP contribution in [0.5, 0.6) is 0 Å². The lowest BCUT2D eigenvalue weighted by Crippen LogP contribution is -2.38. The van der Waals surface area contributed by atoms with Crippen molar-refractivity contribution in [2.24, 2.45) is 5.18 Å². The number of nitrogens with zero attached hydrogens (tertiary/aromatic N) is 1. The van der Waals surface area contributed by atoms with Gasteiger partial charge >= 0.3 is 12.1 Å². The fraction of sp³-hybridized carbons (Fsp3) is 0.441. The quantitative estimate of drug-likeness (QED) is 0.0645. The molecule has 10 nitrogen and oxygen atoms in total. The Hall–Kier alpha value is -4.31. The van der Waals surface area contributed by atoms with Gasteiger partial charge in [-0.2, -0.15) is 0 Å². The van der Waals surface area contributed by atoms with Gasteiger partial charge in [-0.25, -0.2) is 9.59 Å². The molecule has 0 aliphatic carbocycles. The van der Waals surface area contributed by atoms with E-state index in [1.165, 1.54) is 12.1 Å². The Bertz CT molecular complexity index is 1160. The van der Waals surface area contributed by atoms with Crippen LogP contribution in [-0.4, -0.2) is 48.9 Å². The summed E-state index contributed by atoms with van der Waals surface area (Å²) in [7, 11) is 0. The zero-order valence-corrected chi connectivity index (χ0v) is 25.9. The van der Waals surface area contributed by atoms with E-state index in [0.29, 0.717) is 13.0 Å². The lowest BCUT2D eigenvalue weighted by atomic mass is 10.1. The zero-order chi connectivity index (χ0) is 32.3. The number of hydrogen-bond acceptors (Lipinski definition) is 7. The molecule has 0 saturated heterocycles. The second-order valence-electron chi connectivity index (χ2n) is 9.65. The summed E-state index contributed by atoms with van der Waals surface area (Å²) in [5.41, 5.74) is -0.466. The van der Waals surface area contributed by atoms with Crippen LogP contribution >= 0.6 is 0 Å². The standard InChI is InChI=1S/C34H47N3O7/c1-3-5-6-7-8-9-10-11-12-13-14-15-16-17-18-19-20-21-25-43-31(4-2)32(38)35-24-26-44-34(41)36-28-22-23-30(37-42)29(27-28)33(39)40/h5-6,8-9,11-12,14-15,17-18,22-23,27,31H,3-4,7,10,13,16,19-21,24-26H2,1-2H3,(H,35,38)(H,36,41)(H,39,40)/b6-5-,9-8-,12-11-,15-14-,18-17-/t31-/m1/s1. The predicted octanol–water partition coefficient (Wildman–Crippen LogP) is 8.16. The molecule has 0 aliphatic rings. The Balaban J connectivity index is 2.13. The molecule has 0 radical (unpaired) electrons. The molecule has 1 atom stereocenters. The Morgan fingerprint density at radius 3 is 2.05 bits per heavy atom. The van der Waals surface area contributed by atoms with Gasteiger partial charge in [-0.15, -0.1) is 4.91 Å². The number of rotatable bonds is 23. The summed E-state index contributed by atoms with van der Waals surface area (Å²) in [4.78, 5) is 46.2. The van der Waals surface area contributed by atoms with E-state index in [2.05, 4.69) is 83.5 Å². The molecular formula is C34H47N3O7. The number of hydrogen-bond donors (Lipinski definition) is 3. The maximum Gasteiger partial charge on any atom is 0.411 e. The highest BCUT2D eigenvalue weighted by molar-refractivity contribution is 5.96. The van der Waals surface area contributed by atoms with Gasteiger partial charge in [0.15, 0.2) is 0 Å². The molecular weight excluding hydrogens is 562 g/mol. The molecule has 10 heteroatoms. The van der Waals surface area contributed by atoms with Crippen molar-refractivity contribution in [1.29, 1.82) is 0 Å². The lowest BCUT2D eigenvalue weighted by Gasteiger charge is -2.16. The van der Waals surface area contributed by atoms with Gasteiger partial charge in [-0.05, 0) is 81.2 Å². The third-order valence-electron chi connectivity index (χ3n) is 6.11. The van der Waals surface area contributed by atoms with Gasteiger partial charge in [-0.3, -0.25) is 10.1 Å². The highest BCUT2D eigenvalue weighted by Gasteiger charge is 2.17. The number of nitroso groups, excluding NO2 is 1. The van der Waals surface area contributed by atoms with E-state index in [0.717, 1.165) is 57.4 Å². The number of anilines is 1. The van der Waals surface area contributed by atoms with Gasteiger partial charge in [0.2, 0.25) is 5.91 Å². The molecule has 0 spiro atoms. The highest BCUT2D eigenvalue weighted by Crippen LogP contribution is 2.23. The molecule has 0 aliphatic heterocycles. The van der Waals surface area contributed by atoms with Crippen LogP contribution < -0.4 is 10.6 Å². The normalized spacial score (nSPS) is 12.5. The number of carboxylic acids is 1. The van der Waals surface area contributed by atoms with Crippen LogP contribution in [0.2, 0.25) is 0 Å². The highest BCUT2D eigenvalue weighted by atomic mass is 16.5. The summed E-state index contributed by atoms with van der Waals surface area (Å²) in [5.74, 6) is -1.63. The Labute approximate surface area is 261 Å². The van der Waals surface area contributed by atoms with Gasteiger partial charge in [0.05, 0.1) is 12.1 Å². The average Bonchev–Trinajstić information content (AvgIpc) is 3.02. The van der Waals surface area contributed by atoms with E-state index in [1.54, 1.807) is 0 Å². The first kappa shape index (κ1) is 37.7. The first-order valence-corrected chi connectivity index (χ1v) is 15.2. The third-order valence-corrected chi connectivity index (χ3v) is 6.11. The lowest BCUT2D eigenvalue weighted by molar-refractivity contribution is -0.133. The summed E-state index contributed by atoms with van der Waals surface area (Å²) in [5, 5.41) is 16.8. The molecule has 0 heterocycles. The Morgan fingerprint density at radius 1 is 0.864 bits per heavy atom. The number of ether oxygens (including phenoxy) is 2. The van der Waals surface area contributed by atoms with Crippen LogP contribution in [0.4, 0.5) is 16.2 Å². The molecule has 0 fully saturated rings. The zero-order valence-electron chi connectivity index (χ0n) is 25.9. The number of nitrogens with one attached hydrogen (secondary N) is 2. The molecule has 1 aromatic carbocycles. The number of aromatic carboxylic acids is 1. The molecule has 0 saturated carbocycles. The topological polar surface area (TPSA) is 143 Å². The Kier molecular flexibility index (Phi) is 21.6. The van der Waals surface area contributed by atoms with E-state index >= 15 is 0 Å². The predicted molar refractivity (Wildman–Crippen MR) is 175 cm³/mol. The summed E-state index contributed by atoms with van der Waals surface area (Å²) >= 11 is 0. The van der Waals surface area contributed by atoms with Crippen molar-refractivity contribution in [2.75, 3.05) is 25.1 Å². The maximum atomic E-state index is 12.4. The number of allylic oxidation sites excluding steroid dienone is 10. The summed E-state index contributed by atoms with van der Waals surface area (Å²) < 4.78 is 10.7. The van der Waals surface area contributed by atoms with Crippen LogP contribution in [0.3, 0.4) is 0 Å². The Morgan fingerprint density at radius 2 is 1.48 bits per heavy atom. The van der Waals surface area contributed by atoms with E-state index in [9.17, 15) is 19.3 Å². The van der Waals surface area contributed by atoms with Crippen LogP contribution in [0.15, 0.2) is 84.1 Å². The third kappa shape index (κ3) is 18.3. The first-order chi connectivity index (χ1) is 21.4. The molecule has 240 valence electrons. The van der Waals surface area contributed by atoms with Gasteiger partial charge < -0.3 is 19.9 Å². The first-order valence-electron chi connectivity index (χ1n) is 15.2. The SMILES string of the molecule is CC/C=C\C/C=C\C/C=C\C/C=C\C/C=C\CCCCO[C@H](CC)C(=O)NCCOC(=O)Nc1ccc(N=O)c(C(=O)O)c1. The maximum absolute atomic E-state index is 12.4. The minimum Gasteiger partial charge on any atom is -0.478 e. The molecule has 2 amide bonds. The van der Waals surface area contributed by atoms with Crippen molar-refractivity contribution in [2.45, 2.75) is 77.7 Å². The van der Waals surface area contributed by atoms with Crippen LogP contribution in [0.1, 0.15) is 82.0 Å². The second-order valence-corrected chi connectivity index (χ2v) is 9.65. The molecule has 3 N–H and O–H groups in total. The number of carbonyl (C=O) groups excluding carboxylic acids is 2. The van der Waals surface area contributed by atoms with Crippen LogP contribution in [0, 0.1) is 4.91 Å². The minimum absolute atomic E-state index is 0.0879. The van der Waals surface area contributed by atoms with Crippen molar-refractivity contribution < 1.29 is 29.0 Å². The minimum atomic E-state index is -1.35. The van der Waals surface area contributed by atoms with Gasteiger partial charge in [0, 0.05) is 12.3 Å². The second kappa shape index (κ2) is 25.2. The fourth-order valence-corrected chi connectivity index (χ4v) is 3.79. The molecule has 44 heavy (non-hydrogen) atoms. The number of benzene rings is 1. The van der Waals surface area contributed by atoms with Crippen molar-refractivity contribution in [3.8, 4) is 0 Å². The number of unbranched alkanes of at least 4 members (excludes halogenated alkanes) is 2. The summed E-state index contributed by atoms with van der Waals surface area (Å²) in [6.07, 6.45) is 28.5. The monoisotopic (exact) mass is 609 g/mol. The largest absolute Gasteiger partial charge is 0.478 e. The number of carboxylic acid groups (broad SMARTS) is 1. The van der Waals surface area contributed by atoms with Crippen molar-refractivity contribution in [3.63, 3.8) is 0 Å². The molecule has 0 unspecified atom stereocenters. The van der Waals surface area contributed by atoms with E-state index < -0.39 is 18.2 Å². The molecule has 0 aromatic heterocycles. The molecule has 0 bridgehead atoms. The van der Waals surface area contributed by atoms with Gasteiger partial charge in [-0.1, -0.05) is 74.6 Å². The molecule has 1 aromatic rings. The van der Waals surface area contributed by atoms with Gasteiger partial charge in [0.25, 0.3) is 0 Å². The fourth-order valence-electron chi connectivity index (χ4n) is 3.79. The van der Waals surface area contributed by atoms with Crippen molar-refractivity contribution in [1.82, 2.24) is 5.32 Å². The van der Waals surface area contributed by atoms with E-state index in [4.69, 9.17) is 14.6 Å². The molecule has 1 rings (SSSR count). The average molecular weight is 610 g/mol. The summed E-state index contributed by atoms with van der Waals surface area (Å²) in [6.45, 7) is 4.47. The van der Waals surface area contributed by atoms with Crippen molar-refractivity contribution in [3.05, 3.63) is 89.4 Å². The number of amides is 2. The number of carbonyl (C=O) groups is 3. The van der Waals surface area contributed by atoms with E-state index in [1.807, 2.05) is 6.92 Å². The van der Waals surface area contributed by atoms with E-state index in [-0.39, 0.29) is 36.0 Å². The van der Waals surface area contributed by atoms with Crippen LogP contribution in [-0.2, 0) is 14.3 Å². The smallest absolute Gasteiger partial charge is 0.411 e. The summed E-state index contributed by atoms with van der Waals surface area (Å²) in [6, 6.07) is 3.62.